The number of benzene rings is 2. The topological polar surface area (TPSA) is 97.4 Å². The van der Waals surface area contributed by atoms with Crippen LogP contribution in [0.25, 0.3) is 0 Å². The summed E-state index contributed by atoms with van der Waals surface area (Å²) in [6.07, 6.45) is -1.49. The number of amidine groups is 1. The third-order valence-electron chi connectivity index (χ3n) is 3.84. The highest BCUT2D eigenvalue weighted by molar-refractivity contribution is 6.31. The Labute approximate surface area is 159 Å². The number of nitrogens with one attached hydrogen (secondary N) is 2. The molecule has 1 amide bonds. The molecule has 0 saturated heterocycles. The summed E-state index contributed by atoms with van der Waals surface area (Å²) >= 11 is 6.10. The number of methoxy groups -OCH3 is 2. The maximum absolute atomic E-state index is 14.2. The van der Waals surface area contributed by atoms with E-state index in [-0.39, 0.29) is 18.1 Å². The average molecular weight is 398 g/mol. The van der Waals surface area contributed by atoms with Crippen molar-refractivity contribution in [3.8, 4) is 5.75 Å². The number of ether oxygens (including phenoxy) is 2. The SMILES string of the molecule is COc1cc(F)c(C(OC)C(=O)NCc2ccc(C(=N)N)cc2Cl)c(F)c1. The minimum absolute atomic E-state index is 0.00486. The molecule has 0 aromatic heterocycles. The van der Waals surface area contributed by atoms with Crippen molar-refractivity contribution in [2.75, 3.05) is 14.2 Å². The third kappa shape index (κ3) is 4.72. The molecular formula is C18H18ClF2N3O3. The number of carbonyl (C=O) groups excluding carboxylic acids is 1. The van der Waals surface area contributed by atoms with E-state index in [0.717, 1.165) is 12.1 Å². The van der Waals surface area contributed by atoms with Gasteiger partial charge in [-0.25, -0.2) is 8.78 Å². The summed E-state index contributed by atoms with van der Waals surface area (Å²) in [6.45, 7) is -0.00486. The lowest BCUT2D eigenvalue weighted by molar-refractivity contribution is -0.131. The minimum Gasteiger partial charge on any atom is -0.497 e. The van der Waals surface area contributed by atoms with E-state index < -0.39 is 29.2 Å². The summed E-state index contributed by atoms with van der Waals surface area (Å²) in [4.78, 5) is 12.4. The summed E-state index contributed by atoms with van der Waals surface area (Å²) in [7, 11) is 2.44. The maximum Gasteiger partial charge on any atom is 0.254 e. The summed E-state index contributed by atoms with van der Waals surface area (Å²) in [5.74, 6) is -2.82. The Morgan fingerprint density at radius 2 is 1.89 bits per heavy atom. The van der Waals surface area contributed by atoms with Crippen molar-refractivity contribution < 1.29 is 23.0 Å². The summed E-state index contributed by atoms with van der Waals surface area (Å²) < 4.78 is 38.2. The lowest BCUT2D eigenvalue weighted by Gasteiger charge is -2.18. The number of amides is 1. The first-order valence-electron chi connectivity index (χ1n) is 7.74. The third-order valence-corrected chi connectivity index (χ3v) is 4.19. The van der Waals surface area contributed by atoms with Crippen molar-refractivity contribution in [3.63, 3.8) is 0 Å². The van der Waals surface area contributed by atoms with Gasteiger partial charge in [-0.05, 0) is 11.6 Å². The molecule has 0 aliphatic rings. The van der Waals surface area contributed by atoms with Crippen LogP contribution in [0, 0.1) is 17.0 Å². The van der Waals surface area contributed by atoms with E-state index in [4.69, 9.17) is 32.2 Å². The van der Waals surface area contributed by atoms with Gasteiger partial charge in [0.2, 0.25) is 0 Å². The van der Waals surface area contributed by atoms with Crippen LogP contribution in [-0.2, 0) is 16.1 Å². The standard InChI is InChI=1S/C18H18ClF2N3O3/c1-26-11-6-13(20)15(14(21)7-11)16(27-2)18(25)24-8-10-4-3-9(17(22)23)5-12(10)19/h3-7,16H,8H2,1-2H3,(H3,22,23)(H,24,25). The van der Waals surface area contributed by atoms with Crippen LogP contribution in [0.5, 0.6) is 5.75 Å². The zero-order valence-corrected chi connectivity index (χ0v) is 15.4. The van der Waals surface area contributed by atoms with Gasteiger partial charge in [-0.3, -0.25) is 10.2 Å². The van der Waals surface area contributed by atoms with Gasteiger partial charge in [0.05, 0.1) is 12.7 Å². The van der Waals surface area contributed by atoms with Crippen LogP contribution in [0.1, 0.15) is 22.8 Å². The molecule has 0 bridgehead atoms. The van der Waals surface area contributed by atoms with Crippen molar-refractivity contribution in [3.05, 3.63) is 63.7 Å². The molecule has 144 valence electrons. The van der Waals surface area contributed by atoms with Gasteiger partial charge in [0, 0.05) is 36.4 Å². The Morgan fingerprint density at radius 1 is 1.26 bits per heavy atom. The number of hydrogen-bond acceptors (Lipinski definition) is 4. The Bertz CT molecular complexity index is 854. The fraction of sp³-hybridized carbons (Fsp3) is 0.222. The van der Waals surface area contributed by atoms with Gasteiger partial charge in [-0.1, -0.05) is 23.7 Å². The average Bonchev–Trinajstić information content (AvgIpc) is 2.62. The van der Waals surface area contributed by atoms with Gasteiger partial charge < -0.3 is 20.5 Å². The fourth-order valence-corrected chi connectivity index (χ4v) is 2.67. The zero-order chi connectivity index (χ0) is 20.1. The number of hydrogen-bond donors (Lipinski definition) is 3. The number of rotatable bonds is 7. The normalized spacial score (nSPS) is 11.7. The molecule has 0 radical (unpaired) electrons. The second kappa shape index (κ2) is 8.79. The van der Waals surface area contributed by atoms with Gasteiger partial charge in [0.1, 0.15) is 23.2 Å². The second-order valence-corrected chi connectivity index (χ2v) is 5.97. The quantitative estimate of drug-likeness (QED) is 0.494. The first-order valence-corrected chi connectivity index (χ1v) is 8.12. The van der Waals surface area contributed by atoms with Gasteiger partial charge in [-0.15, -0.1) is 0 Å². The highest BCUT2D eigenvalue weighted by Gasteiger charge is 2.27. The molecule has 0 heterocycles. The lowest BCUT2D eigenvalue weighted by atomic mass is 10.1. The zero-order valence-electron chi connectivity index (χ0n) is 14.6. The van der Waals surface area contributed by atoms with Crippen molar-refractivity contribution >= 4 is 23.3 Å². The van der Waals surface area contributed by atoms with Crippen molar-refractivity contribution in [1.82, 2.24) is 5.32 Å². The molecule has 6 nitrogen and oxygen atoms in total. The summed E-state index contributed by atoms with van der Waals surface area (Å²) in [6, 6.07) is 6.59. The molecule has 2 rings (SSSR count). The molecule has 9 heteroatoms. The van der Waals surface area contributed by atoms with Gasteiger partial charge in [-0.2, -0.15) is 0 Å². The molecular weight excluding hydrogens is 380 g/mol. The molecule has 0 spiro atoms. The van der Waals surface area contributed by atoms with Crippen LogP contribution in [0.3, 0.4) is 0 Å². The van der Waals surface area contributed by atoms with E-state index in [1.165, 1.54) is 20.3 Å². The van der Waals surface area contributed by atoms with Crippen LogP contribution >= 0.6 is 11.6 Å². The van der Waals surface area contributed by atoms with Gasteiger partial charge in [0.15, 0.2) is 6.10 Å². The molecule has 27 heavy (non-hydrogen) atoms. The Kier molecular flexibility index (Phi) is 6.70. The number of nitrogen functional groups attached to an aromatic ring is 1. The number of halogens is 3. The molecule has 2 aromatic rings. The van der Waals surface area contributed by atoms with Gasteiger partial charge >= 0.3 is 0 Å². The molecule has 0 fully saturated rings. The molecule has 1 unspecified atom stereocenters. The van der Waals surface area contributed by atoms with Crippen LogP contribution in [0.2, 0.25) is 5.02 Å². The summed E-state index contributed by atoms with van der Waals surface area (Å²) in [5, 5.41) is 10.2. The van der Waals surface area contributed by atoms with Gasteiger partial charge in [0.25, 0.3) is 5.91 Å². The van der Waals surface area contributed by atoms with E-state index in [0.29, 0.717) is 16.1 Å². The summed E-state index contributed by atoms with van der Waals surface area (Å²) in [5.41, 5.74) is 5.84. The van der Waals surface area contributed by atoms with Crippen molar-refractivity contribution in [1.29, 1.82) is 5.41 Å². The molecule has 1 atom stereocenters. The van der Waals surface area contributed by atoms with Crippen LogP contribution in [-0.4, -0.2) is 26.0 Å². The van der Waals surface area contributed by atoms with E-state index >= 15 is 0 Å². The molecule has 0 aliphatic heterocycles. The van der Waals surface area contributed by atoms with Crippen molar-refractivity contribution in [2.45, 2.75) is 12.6 Å². The Morgan fingerprint density at radius 3 is 2.37 bits per heavy atom. The molecule has 2 aromatic carbocycles. The highest BCUT2D eigenvalue weighted by atomic mass is 35.5. The highest BCUT2D eigenvalue weighted by Crippen LogP contribution is 2.28. The number of carbonyl (C=O) groups is 1. The number of nitrogens with two attached hydrogens (primary N) is 1. The van der Waals surface area contributed by atoms with Crippen molar-refractivity contribution in [2.24, 2.45) is 5.73 Å². The lowest BCUT2D eigenvalue weighted by Crippen LogP contribution is -2.31. The van der Waals surface area contributed by atoms with E-state index in [1.807, 2.05) is 0 Å². The Hall–Kier alpha value is -2.71. The first kappa shape index (κ1) is 20.6. The predicted molar refractivity (Wildman–Crippen MR) is 97.0 cm³/mol. The minimum atomic E-state index is -1.49. The molecule has 4 N–H and O–H groups in total. The fourth-order valence-electron chi connectivity index (χ4n) is 2.42. The molecule has 0 aliphatic carbocycles. The van der Waals surface area contributed by atoms with E-state index in [1.54, 1.807) is 12.1 Å². The first-order chi connectivity index (χ1) is 12.8. The van der Waals surface area contributed by atoms with E-state index in [2.05, 4.69) is 5.32 Å². The van der Waals surface area contributed by atoms with E-state index in [9.17, 15) is 13.6 Å². The second-order valence-electron chi connectivity index (χ2n) is 5.56. The van der Waals surface area contributed by atoms with Crippen LogP contribution < -0.4 is 15.8 Å². The van der Waals surface area contributed by atoms with Crippen LogP contribution in [0.15, 0.2) is 30.3 Å². The van der Waals surface area contributed by atoms with Crippen LogP contribution in [0.4, 0.5) is 8.78 Å². The molecule has 0 saturated carbocycles. The maximum atomic E-state index is 14.2. The Balaban J connectivity index is 2.18. The monoisotopic (exact) mass is 397 g/mol. The predicted octanol–water partition coefficient (Wildman–Crippen LogP) is 2.91. The largest absolute Gasteiger partial charge is 0.497 e. The smallest absolute Gasteiger partial charge is 0.254 e.